The van der Waals surface area contributed by atoms with E-state index in [0.29, 0.717) is 23.4 Å². The molecule has 31 heavy (non-hydrogen) atoms. The fraction of sp³-hybridized carbons (Fsp3) is 0.280. The third-order valence-corrected chi connectivity index (χ3v) is 6.51. The number of hydrogen-bond donors (Lipinski definition) is 1. The van der Waals surface area contributed by atoms with Gasteiger partial charge in [0.2, 0.25) is 0 Å². The van der Waals surface area contributed by atoms with E-state index in [2.05, 4.69) is 33.8 Å². The molecule has 1 aliphatic rings. The van der Waals surface area contributed by atoms with E-state index in [9.17, 15) is 10.1 Å². The molecule has 1 unspecified atom stereocenters. The van der Waals surface area contributed by atoms with Crippen molar-refractivity contribution in [3.05, 3.63) is 87.6 Å². The van der Waals surface area contributed by atoms with Crippen molar-refractivity contribution in [1.29, 1.82) is 5.26 Å². The number of rotatable bonds is 8. The Balaban J connectivity index is 1.39. The molecule has 0 bridgehead atoms. The van der Waals surface area contributed by atoms with Crippen LogP contribution in [0, 0.1) is 11.3 Å². The van der Waals surface area contributed by atoms with Crippen LogP contribution in [0.15, 0.2) is 66.0 Å². The van der Waals surface area contributed by atoms with E-state index in [4.69, 9.17) is 4.74 Å². The van der Waals surface area contributed by atoms with E-state index in [0.717, 1.165) is 18.7 Å². The zero-order chi connectivity index (χ0) is 21.5. The number of carbonyl (C=O) groups excluding carboxylic acids is 1. The predicted molar refractivity (Wildman–Crippen MR) is 122 cm³/mol. The molecule has 4 rings (SSSR count). The zero-order valence-corrected chi connectivity index (χ0v) is 18.1. The van der Waals surface area contributed by atoms with Crippen LogP contribution in [0.25, 0.3) is 0 Å². The maximum absolute atomic E-state index is 12.8. The third-order valence-electron chi connectivity index (χ3n) is 5.54. The Hall–Kier alpha value is -3.14. The molecule has 2 heterocycles. The number of nitrogens with zero attached hydrogens (tertiary/aromatic N) is 2. The Kier molecular flexibility index (Phi) is 6.98. The predicted octanol–water partition coefficient (Wildman–Crippen LogP) is 4.77. The first-order valence-corrected chi connectivity index (χ1v) is 11.4. The van der Waals surface area contributed by atoms with Gasteiger partial charge in [-0.3, -0.25) is 9.69 Å². The molecule has 1 fully saturated rings. The standard InChI is InChI=1S/C25H25N3O2S/c26-16-20-7-1-2-8-21(20)18-30-22-10-5-9-19(15-22)25(29)27-17-23(24-11-6-14-31-24)28-12-3-4-13-28/h1-2,5-11,14-15,23H,3-4,12-13,17-18H2,(H,27,29). The van der Waals surface area contributed by atoms with Gasteiger partial charge in [-0.25, -0.2) is 0 Å². The number of nitrogens with one attached hydrogen (secondary N) is 1. The molecule has 1 atom stereocenters. The topological polar surface area (TPSA) is 65.4 Å². The minimum Gasteiger partial charge on any atom is -0.489 e. The molecule has 1 aromatic heterocycles. The lowest BCUT2D eigenvalue weighted by Gasteiger charge is -2.27. The SMILES string of the molecule is N#Cc1ccccc1COc1cccc(C(=O)NCC(c2cccs2)N2CCCC2)c1. The highest BCUT2D eigenvalue weighted by Gasteiger charge is 2.24. The maximum Gasteiger partial charge on any atom is 0.251 e. The maximum atomic E-state index is 12.8. The van der Waals surface area contributed by atoms with Crippen LogP contribution in [0.2, 0.25) is 0 Å². The number of benzene rings is 2. The van der Waals surface area contributed by atoms with E-state index < -0.39 is 0 Å². The summed E-state index contributed by atoms with van der Waals surface area (Å²) in [6, 6.07) is 21.1. The fourth-order valence-corrected chi connectivity index (χ4v) is 4.74. The van der Waals surface area contributed by atoms with E-state index in [1.165, 1.54) is 17.7 Å². The molecule has 0 saturated carbocycles. The summed E-state index contributed by atoms with van der Waals surface area (Å²) in [6.45, 7) is 3.02. The van der Waals surface area contributed by atoms with Crippen molar-refractivity contribution < 1.29 is 9.53 Å². The summed E-state index contributed by atoms with van der Waals surface area (Å²) >= 11 is 1.74. The summed E-state index contributed by atoms with van der Waals surface area (Å²) in [5.41, 5.74) is 1.99. The highest BCUT2D eigenvalue weighted by atomic mass is 32.1. The Morgan fingerprint density at radius 3 is 2.74 bits per heavy atom. The molecule has 5 nitrogen and oxygen atoms in total. The van der Waals surface area contributed by atoms with Gasteiger partial charge in [0.05, 0.1) is 17.7 Å². The Morgan fingerprint density at radius 1 is 1.13 bits per heavy atom. The van der Waals surface area contributed by atoms with Crippen molar-refractivity contribution in [2.45, 2.75) is 25.5 Å². The fourth-order valence-electron chi connectivity index (χ4n) is 3.88. The van der Waals surface area contributed by atoms with Gasteiger partial charge in [0.15, 0.2) is 0 Å². The average Bonchev–Trinajstić information content (AvgIpc) is 3.53. The molecule has 1 saturated heterocycles. The summed E-state index contributed by atoms with van der Waals surface area (Å²) in [5.74, 6) is 0.498. The lowest BCUT2D eigenvalue weighted by Crippen LogP contribution is -2.36. The van der Waals surface area contributed by atoms with Gasteiger partial charge in [-0.2, -0.15) is 5.26 Å². The number of amides is 1. The average molecular weight is 432 g/mol. The normalized spacial score (nSPS) is 14.7. The van der Waals surface area contributed by atoms with Crippen LogP contribution in [0.5, 0.6) is 5.75 Å². The molecule has 1 aliphatic heterocycles. The van der Waals surface area contributed by atoms with Crippen molar-refractivity contribution in [2.24, 2.45) is 0 Å². The second kappa shape index (κ2) is 10.3. The Morgan fingerprint density at radius 2 is 1.97 bits per heavy atom. The molecule has 6 heteroatoms. The van der Waals surface area contributed by atoms with Gasteiger partial charge < -0.3 is 10.1 Å². The van der Waals surface area contributed by atoms with Gasteiger partial charge in [-0.05, 0) is 61.6 Å². The highest BCUT2D eigenvalue weighted by molar-refractivity contribution is 7.10. The quantitative estimate of drug-likeness (QED) is 0.558. The summed E-state index contributed by atoms with van der Waals surface area (Å²) < 4.78 is 5.85. The summed E-state index contributed by atoms with van der Waals surface area (Å²) in [5, 5.41) is 14.4. The van der Waals surface area contributed by atoms with Crippen LogP contribution in [-0.2, 0) is 6.61 Å². The van der Waals surface area contributed by atoms with Crippen LogP contribution in [-0.4, -0.2) is 30.4 Å². The lowest BCUT2D eigenvalue weighted by molar-refractivity contribution is 0.0938. The minimum atomic E-state index is -0.108. The second-order valence-corrected chi connectivity index (χ2v) is 8.55. The Bertz CT molecular complexity index is 1050. The van der Waals surface area contributed by atoms with Crippen LogP contribution in [0.4, 0.5) is 0 Å². The summed E-state index contributed by atoms with van der Waals surface area (Å²) in [6.07, 6.45) is 2.42. The number of carbonyl (C=O) groups is 1. The van der Waals surface area contributed by atoms with E-state index in [1.54, 1.807) is 29.5 Å². The molecule has 158 valence electrons. The van der Waals surface area contributed by atoms with E-state index in [-0.39, 0.29) is 18.6 Å². The third kappa shape index (κ3) is 5.32. The van der Waals surface area contributed by atoms with E-state index in [1.807, 2.05) is 30.3 Å². The van der Waals surface area contributed by atoms with Gasteiger partial charge in [0.25, 0.3) is 5.91 Å². The van der Waals surface area contributed by atoms with Crippen LogP contribution in [0.1, 0.15) is 45.2 Å². The molecule has 1 N–H and O–H groups in total. The first-order chi connectivity index (χ1) is 15.2. The zero-order valence-electron chi connectivity index (χ0n) is 17.3. The number of thiophene rings is 1. The smallest absolute Gasteiger partial charge is 0.251 e. The molecule has 2 aromatic carbocycles. The van der Waals surface area contributed by atoms with Gasteiger partial charge in [0.1, 0.15) is 12.4 Å². The number of nitriles is 1. The van der Waals surface area contributed by atoms with E-state index >= 15 is 0 Å². The summed E-state index contributed by atoms with van der Waals surface area (Å²) in [4.78, 5) is 16.6. The van der Waals surface area contributed by atoms with Gasteiger partial charge >= 0.3 is 0 Å². The number of likely N-dealkylation sites (tertiary alicyclic amines) is 1. The van der Waals surface area contributed by atoms with Crippen molar-refractivity contribution in [1.82, 2.24) is 10.2 Å². The number of hydrogen-bond acceptors (Lipinski definition) is 5. The van der Waals surface area contributed by atoms with Crippen molar-refractivity contribution in [3.8, 4) is 11.8 Å². The van der Waals surface area contributed by atoms with Crippen molar-refractivity contribution in [3.63, 3.8) is 0 Å². The molecule has 0 spiro atoms. The molecule has 0 aliphatic carbocycles. The Labute approximate surface area is 186 Å². The largest absolute Gasteiger partial charge is 0.489 e. The van der Waals surface area contributed by atoms with Crippen LogP contribution >= 0.6 is 11.3 Å². The van der Waals surface area contributed by atoms with Gasteiger partial charge in [-0.1, -0.05) is 30.3 Å². The molecule has 3 aromatic rings. The first kappa shape index (κ1) is 21.1. The molecule has 0 radical (unpaired) electrons. The van der Waals surface area contributed by atoms with Gasteiger partial charge in [-0.15, -0.1) is 11.3 Å². The minimum absolute atomic E-state index is 0.108. The number of ether oxygens (including phenoxy) is 1. The second-order valence-electron chi connectivity index (χ2n) is 7.57. The van der Waals surface area contributed by atoms with Crippen molar-refractivity contribution in [2.75, 3.05) is 19.6 Å². The monoisotopic (exact) mass is 431 g/mol. The van der Waals surface area contributed by atoms with Crippen LogP contribution < -0.4 is 10.1 Å². The molecular formula is C25H25N3O2S. The first-order valence-electron chi connectivity index (χ1n) is 10.5. The highest BCUT2D eigenvalue weighted by Crippen LogP contribution is 2.28. The van der Waals surface area contributed by atoms with Gasteiger partial charge in [0, 0.05) is 22.5 Å². The summed E-state index contributed by atoms with van der Waals surface area (Å²) in [7, 11) is 0. The molecular weight excluding hydrogens is 406 g/mol. The molecule has 1 amide bonds. The van der Waals surface area contributed by atoms with Crippen LogP contribution in [0.3, 0.4) is 0 Å². The van der Waals surface area contributed by atoms with Crippen molar-refractivity contribution >= 4 is 17.2 Å². The lowest BCUT2D eigenvalue weighted by atomic mass is 10.1.